The summed E-state index contributed by atoms with van der Waals surface area (Å²) in [6.45, 7) is -1.04. The van der Waals surface area contributed by atoms with Gasteiger partial charge in [0.05, 0.1) is 43.0 Å². The first-order valence-corrected chi connectivity index (χ1v) is 11.0. The number of hydrogen-bond donors (Lipinski definition) is 2. The SMILES string of the molecule is COc1cc(OC)cc(C(=O)NN2C[C@H](C(=O)OCC(=O)Nc3cc(C(F)(F)F)ccc3Cl)CC2=O)c1. The van der Waals surface area contributed by atoms with Crippen molar-refractivity contribution in [1.29, 1.82) is 0 Å². The highest BCUT2D eigenvalue weighted by Crippen LogP contribution is 2.33. The van der Waals surface area contributed by atoms with Crippen LogP contribution in [0.25, 0.3) is 0 Å². The molecule has 198 valence electrons. The molecule has 2 N–H and O–H groups in total. The lowest BCUT2D eigenvalue weighted by Gasteiger charge is -2.18. The Balaban J connectivity index is 1.55. The van der Waals surface area contributed by atoms with Gasteiger partial charge in [-0.15, -0.1) is 0 Å². The molecule has 0 unspecified atom stereocenters. The number of halogens is 4. The lowest BCUT2D eigenvalue weighted by atomic mass is 10.1. The number of carbonyl (C=O) groups is 4. The van der Waals surface area contributed by atoms with Gasteiger partial charge >= 0.3 is 12.1 Å². The van der Waals surface area contributed by atoms with Crippen molar-refractivity contribution in [3.05, 3.63) is 52.5 Å². The van der Waals surface area contributed by atoms with E-state index < -0.39 is 48.0 Å². The molecule has 2 aromatic carbocycles. The number of anilines is 1. The average molecular weight is 544 g/mol. The predicted molar refractivity (Wildman–Crippen MR) is 123 cm³/mol. The molecule has 0 spiro atoms. The van der Waals surface area contributed by atoms with Crippen LogP contribution in [0.15, 0.2) is 36.4 Å². The van der Waals surface area contributed by atoms with Crippen molar-refractivity contribution in [3.63, 3.8) is 0 Å². The molecular formula is C23H21ClF3N3O7. The minimum atomic E-state index is -4.65. The third-order valence-corrected chi connectivity index (χ3v) is 5.55. The second-order valence-corrected chi connectivity index (χ2v) is 8.20. The van der Waals surface area contributed by atoms with Crippen LogP contribution < -0.4 is 20.2 Å². The number of rotatable bonds is 8. The van der Waals surface area contributed by atoms with Gasteiger partial charge in [0, 0.05) is 18.1 Å². The number of amides is 3. The maximum absolute atomic E-state index is 12.9. The third-order valence-electron chi connectivity index (χ3n) is 5.22. The first-order valence-electron chi connectivity index (χ1n) is 10.6. The summed E-state index contributed by atoms with van der Waals surface area (Å²) in [4.78, 5) is 49.4. The van der Waals surface area contributed by atoms with Crippen molar-refractivity contribution in [2.24, 2.45) is 5.92 Å². The fraction of sp³-hybridized carbons (Fsp3) is 0.304. The Bertz CT molecular complexity index is 1200. The van der Waals surface area contributed by atoms with Crippen LogP contribution in [-0.4, -0.2) is 56.1 Å². The highest BCUT2D eigenvalue weighted by molar-refractivity contribution is 6.33. The van der Waals surface area contributed by atoms with Gasteiger partial charge in [-0.1, -0.05) is 11.6 Å². The Labute approximate surface area is 213 Å². The maximum atomic E-state index is 12.9. The van der Waals surface area contributed by atoms with Crippen LogP contribution >= 0.6 is 11.6 Å². The summed E-state index contributed by atoms with van der Waals surface area (Å²) in [5.74, 6) is -3.35. The number of hydrazine groups is 1. The van der Waals surface area contributed by atoms with Crippen molar-refractivity contribution in [2.45, 2.75) is 12.6 Å². The van der Waals surface area contributed by atoms with E-state index in [4.69, 9.17) is 25.8 Å². The van der Waals surface area contributed by atoms with Crippen LogP contribution in [0.5, 0.6) is 11.5 Å². The number of esters is 1. The van der Waals surface area contributed by atoms with Crippen molar-refractivity contribution in [2.75, 3.05) is 32.7 Å². The summed E-state index contributed by atoms with van der Waals surface area (Å²) in [6, 6.07) is 6.79. The van der Waals surface area contributed by atoms with Crippen LogP contribution in [0.1, 0.15) is 22.3 Å². The molecule has 14 heteroatoms. The number of nitrogens with zero attached hydrogens (tertiary/aromatic N) is 1. The smallest absolute Gasteiger partial charge is 0.416 e. The molecule has 0 aliphatic carbocycles. The second-order valence-electron chi connectivity index (χ2n) is 7.80. The zero-order chi connectivity index (χ0) is 27.3. The van der Waals surface area contributed by atoms with E-state index >= 15 is 0 Å². The molecule has 3 amide bonds. The van der Waals surface area contributed by atoms with Crippen molar-refractivity contribution in [3.8, 4) is 11.5 Å². The standard InChI is InChI=1S/C23H21ClF3N3O7/c1-35-15-5-12(6-16(9-15)36-2)21(33)29-30-10-13(7-20(30)32)22(34)37-11-19(31)28-18-8-14(23(25,26)27)3-4-17(18)24/h3-6,8-9,13H,7,10-11H2,1-2H3,(H,28,31)(H,29,33)/t13-/m1/s1. The van der Waals surface area contributed by atoms with E-state index in [0.717, 1.165) is 17.1 Å². The van der Waals surface area contributed by atoms with Gasteiger partial charge in [-0.2, -0.15) is 13.2 Å². The molecule has 1 fully saturated rings. The summed E-state index contributed by atoms with van der Waals surface area (Å²) >= 11 is 5.83. The fourth-order valence-corrected chi connectivity index (χ4v) is 3.50. The number of carbonyl (C=O) groups excluding carboxylic acids is 4. The third kappa shape index (κ3) is 7.03. The first kappa shape index (κ1) is 27.6. The molecule has 0 radical (unpaired) electrons. The van der Waals surface area contributed by atoms with E-state index in [-0.39, 0.29) is 29.2 Å². The molecule has 3 rings (SSSR count). The fourth-order valence-electron chi connectivity index (χ4n) is 3.34. The first-order chi connectivity index (χ1) is 17.4. The molecule has 10 nitrogen and oxygen atoms in total. The van der Waals surface area contributed by atoms with E-state index in [1.165, 1.54) is 26.4 Å². The molecule has 1 saturated heterocycles. The topological polar surface area (TPSA) is 123 Å². The highest BCUT2D eigenvalue weighted by atomic mass is 35.5. The molecule has 0 bridgehead atoms. The Morgan fingerprint density at radius 2 is 1.73 bits per heavy atom. The maximum Gasteiger partial charge on any atom is 0.416 e. The number of methoxy groups -OCH3 is 2. The summed E-state index contributed by atoms with van der Waals surface area (Å²) < 4.78 is 53.7. The largest absolute Gasteiger partial charge is 0.497 e. The predicted octanol–water partition coefficient (Wildman–Crippen LogP) is 3.05. The van der Waals surface area contributed by atoms with Gasteiger partial charge in [0.2, 0.25) is 5.91 Å². The molecule has 0 saturated carbocycles. The Hall–Kier alpha value is -4.00. The normalized spacial score (nSPS) is 15.2. The summed E-state index contributed by atoms with van der Waals surface area (Å²) in [5, 5.41) is 2.95. The van der Waals surface area contributed by atoms with E-state index in [1.807, 2.05) is 0 Å². The van der Waals surface area contributed by atoms with Crippen LogP contribution in [0.2, 0.25) is 5.02 Å². The van der Waals surface area contributed by atoms with Crippen LogP contribution in [0.3, 0.4) is 0 Å². The van der Waals surface area contributed by atoms with Crippen LogP contribution in [0.4, 0.5) is 18.9 Å². The monoisotopic (exact) mass is 543 g/mol. The van der Waals surface area contributed by atoms with Gasteiger partial charge < -0.3 is 19.5 Å². The number of benzene rings is 2. The van der Waals surface area contributed by atoms with E-state index in [9.17, 15) is 32.3 Å². The van der Waals surface area contributed by atoms with Crippen LogP contribution in [0, 0.1) is 5.92 Å². The molecule has 1 aliphatic rings. The Morgan fingerprint density at radius 3 is 2.32 bits per heavy atom. The Morgan fingerprint density at radius 1 is 1.08 bits per heavy atom. The van der Waals surface area contributed by atoms with Crippen molar-refractivity contribution >= 4 is 41.0 Å². The van der Waals surface area contributed by atoms with Gasteiger partial charge in [-0.3, -0.25) is 29.6 Å². The number of nitrogens with one attached hydrogen (secondary N) is 2. The van der Waals surface area contributed by atoms with E-state index in [1.54, 1.807) is 6.07 Å². The minimum absolute atomic E-state index is 0.139. The van der Waals surface area contributed by atoms with E-state index in [0.29, 0.717) is 17.6 Å². The molecule has 2 aromatic rings. The lowest BCUT2D eigenvalue weighted by Crippen LogP contribution is -2.43. The molecule has 37 heavy (non-hydrogen) atoms. The number of hydrogen-bond acceptors (Lipinski definition) is 7. The van der Waals surface area contributed by atoms with Gasteiger partial charge in [0.1, 0.15) is 11.5 Å². The molecule has 1 heterocycles. The number of ether oxygens (including phenoxy) is 3. The summed E-state index contributed by atoms with van der Waals surface area (Å²) in [7, 11) is 2.82. The van der Waals surface area contributed by atoms with Crippen LogP contribution in [-0.2, 0) is 25.3 Å². The van der Waals surface area contributed by atoms with Crippen molar-refractivity contribution in [1.82, 2.24) is 10.4 Å². The van der Waals surface area contributed by atoms with Gasteiger partial charge in [0.25, 0.3) is 11.8 Å². The molecular weight excluding hydrogens is 523 g/mol. The molecule has 0 aromatic heterocycles. The quantitative estimate of drug-likeness (QED) is 0.491. The molecule has 1 aliphatic heterocycles. The average Bonchev–Trinajstić information content (AvgIpc) is 3.22. The van der Waals surface area contributed by atoms with Gasteiger partial charge in [-0.05, 0) is 30.3 Å². The van der Waals surface area contributed by atoms with Gasteiger partial charge in [0.15, 0.2) is 6.61 Å². The van der Waals surface area contributed by atoms with E-state index in [2.05, 4.69) is 10.7 Å². The highest BCUT2D eigenvalue weighted by Gasteiger charge is 2.37. The summed E-state index contributed by atoms with van der Waals surface area (Å²) in [6.07, 6.45) is -4.94. The zero-order valence-corrected chi connectivity index (χ0v) is 20.2. The van der Waals surface area contributed by atoms with Gasteiger partial charge in [-0.25, -0.2) is 0 Å². The minimum Gasteiger partial charge on any atom is -0.497 e. The molecule has 1 atom stereocenters. The number of alkyl halides is 3. The Kier molecular flexibility index (Phi) is 8.48. The van der Waals surface area contributed by atoms with Crippen molar-refractivity contribution < 1.29 is 46.6 Å². The second kappa shape index (κ2) is 11.4. The summed E-state index contributed by atoms with van der Waals surface area (Å²) in [5.41, 5.74) is 1.20. The zero-order valence-electron chi connectivity index (χ0n) is 19.5. The lowest BCUT2D eigenvalue weighted by molar-refractivity contribution is -0.151.